The summed E-state index contributed by atoms with van der Waals surface area (Å²) in [5, 5.41) is 5.15. The molecule has 0 aliphatic carbocycles. The van der Waals surface area contributed by atoms with Crippen molar-refractivity contribution in [2.24, 2.45) is 0 Å². The average Bonchev–Trinajstić information content (AvgIpc) is 2.82. The topological polar surface area (TPSA) is 67.2 Å². The van der Waals surface area contributed by atoms with Gasteiger partial charge in [-0.3, -0.25) is 10.1 Å². The molecule has 0 saturated carbocycles. The Morgan fingerprint density at radius 3 is 2.84 bits per heavy atom. The van der Waals surface area contributed by atoms with Gasteiger partial charge in [0.05, 0.1) is 18.3 Å². The third kappa shape index (κ3) is 3.50. The fraction of sp³-hybridized carbons (Fsp3) is 0.667. The Hall–Kier alpha value is -1.50. The maximum Gasteiger partial charge on any atom is 0.262 e. The van der Waals surface area contributed by atoms with Gasteiger partial charge in [-0.25, -0.2) is 13.8 Å². The molecule has 19 heavy (non-hydrogen) atoms. The number of carbonyl (C=O) groups excluding carboxylic acids is 1. The molecule has 0 spiro atoms. The summed E-state index contributed by atoms with van der Waals surface area (Å²) in [5.74, 6) is -1.88. The molecular formula is C12H17F2N3O2. The van der Waals surface area contributed by atoms with Crippen LogP contribution in [0.5, 0.6) is 0 Å². The summed E-state index contributed by atoms with van der Waals surface area (Å²) >= 11 is 0. The van der Waals surface area contributed by atoms with Gasteiger partial charge in [0, 0.05) is 26.3 Å². The molecule has 106 valence electrons. The molecule has 1 amide bonds. The highest BCUT2D eigenvalue weighted by atomic mass is 19.3. The zero-order valence-corrected chi connectivity index (χ0v) is 10.9. The van der Waals surface area contributed by atoms with E-state index in [1.165, 1.54) is 0 Å². The van der Waals surface area contributed by atoms with Gasteiger partial charge >= 0.3 is 0 Å². The van der Waals surface area contributed by atoms with Crippen molar-refractivity contribution in [2.45, 2.75) is 38.7 Å². The Morgan fingerprint density at radius 2 is 2.32 bits per heavy atom. The molecular weight excluding hydrogens is 256 g/mol. The number of rotatable bonds is 4. The number of nitrogens with one attached hydrogen (secondary N) is 2. The molecule has 1 saturated heterocycles. The highest BCUT2D eigenvalue weighted by Crippen LogP contribution is 2.24. The number of aromatic nitrogens is 1. The molecule has 1 aromatic heterocycles. The molecule has 1 fully saturated rings. The van der Waals surface area contributed by atoms with Gasteiger partial charge in [-0.1, -0.05) is 0 Å². The summed E-state index contributed by atoms with van der Waals surface area (Å²) in [6.45, 7) is 3.47. The number of carbonyl (C=O) groups is 1. The van der Waals surface area contributed by atoms with Crippen LogP contribution >= 0.6 is 0 Å². The van der Waals surface area contributed by atoms with Crippen molar-refractivity contribution in [3.8, 4) is 0 Å². The molecule has 1 aliphatic rings. The van der Waals surface area contributed by atoms with Crippen LogP contribution in [0.25, 0.3) is 0 Å². The second kappa shape index (κ2) is 5.24. The van der Waals surface area contributed by atoms with Gasteiger partial charge in [0.25, 0.3) is 5.92 Å². The second-order valence-electron chi connectivity index (χ2n) is 4.77. The summed E-state index contributed by atoms with van der Waals surface area (Å²) in [7, 11) is 0. The Labute approximate surface area is 109 Å². The van der Waals surface area contributed by atoms with Crippen LogP contribution < -0.4 is 10.6 Å². The van der Waals surface area contributed by atoms with Crippen molar-refractivity contribution in [3.63, 3.8) is 0 Å². The predicted molar refractivity (Wildman–Crippen MR) is 64.0 cm³/mol. The van der Waals surface area contributed by atoms with E-state index in [0.717, 1.165) is 11.5 Å². The molecule has 2 N–H and O–H groups in total. The summed E-state index contributed by atoms with van der Waals surface area (Å²) < 4.78 is 31.1. The highest BCUT2D eigenvalue weighted by molar-refractivity contribution is 5.82. The van der Waals surface area contributed by atoms with Gasteiger partial charge in [-0.2, -0.15) is 0 Å². The number of aryl methyl sites for hydroxylation is 2. The van der Waals surface area contributed by atoms with Crippen LogP contribution in [0, 0.1) is 13.8 Å². The van der Waals surface area contributed by atoms with Crippen LogP contribution in [0.2, 0.25) is 0 Å². The lowest BCUT2D eigenvalue weighted by atomic mass is 10.2. The molecule has 1 atom stereocenters. The van der Waals surface area contributed by atoms with E-state index in [1.54, 1.807) is 13.8 Å². The van der Waals surface area contributed by atoms with Gasteiger partial charge in [0.15, 0.2) is 5.89 Å². The Bertz CT molecular complexity index is 474. The van der Waals surface area contributed by atoms with E-state index in [-0.39, 0.29) is 0 Å². The first-order chi connectivity index (χ1) is 8.87. The van der Waals surface area contributed by atoms with E-state index in [4.69, 9.17) is 4.42 Å². The molecule has 1 aromatic rings. The highest BCUT2D eigenvalue weighted by Gasteiger charge is 2.42. The van der Waals surface area contributed by atoms with Crippen LogP contribution in [0.15, 0.2) is 4.42 Å². The summed E-state index contributed by atoms with van der Waals surface area (Å²) in [5.41, 5.74) is 0.780. The number of oxazole rings is 1. The number of alkyl halides is 2. The molecule has 1 aliphatic heterocycles. The Morgan fingerprint density at radius 1 is 1.58 bits per heavy atom. The van der Waals surface area contributed by atoms with Gasteiger partial charge in [-0.15, -0.1) is 0 Å². The van der Waals surface area contributed by atoms with Crippen molar-refractivity contribution in [3.05, 3.63) is 17.3 Å². The summed E-state index contributed by atoms with van der Waals surface area (Å²) in [4.78, 5) is 15.8. The number of halogens is 2. The summed E-state index contributed by atoms with van der Waals surface area (Å²) in [6, 6.07) is -0.810. The lowest BCUT2D eigenvalue weighted by molar-refractivity contribution is -0.123. The van der Waals surface area contributed by atoms with E-state index in [9.17, 15) is 13.6 Å². The van der Waals surface area contributed by atoms with E-state index >= 15 is 0 Å². The van der Waals surface area contributed by atoms with Crippen molar-refractivity contribution in [1.29, 1.82) is 0 Å². The first-order valence-electron chi connectivity index (χ1n) is 6.19. The minimum Gasteiger partial charge on any atom is -0.446 e. The average molecular weight is 273 g/mol. The number of hydrogen-bond donors (Lipinski definition) is 2. The quantitative estimate of drug-likeness (QED) is 0.857. The third-order valence-corrected chi connectivity index (χ3v) is 3.09. The largest absolute Gasteiger partial charge is 0.446 e. The van der Waals surface area contributed by atoms with E-state index < -0.39 is 30.8 Å². The minimum atomic E-state index is -2.79. The fourth-order valence-electron chi connectivity index (χ4n) is 2.13. The SMILES string of the molecule is Cc1nc(CCNC(=O)C2CC(F)(F)CN2)c(C)o1. The summed E-state index contributed by atoms with van der Waals surface area (Å²) in [6.07, 6.45) is 0.0823. The number of hydrogen-bond acceptors (Lipinski definition) is 4. The van der Waals surface area contributed by atoms with Crippen molar-refractivity contribution < 1.29 is 18.0 Å². The van der Waals surface area contributed by atoms with Crippen LogP contribution in [0.1, 0.15) is 23.8 Å². The first kappa shape index (κ1) is 13.9. The maximum absolute atomic E-state index is 12.9. The third-order valence-electron chi connectivity index (χ3n) is 3.09. The standard InChI is InChI=1S/C12H17F2N3O2/c1-7-9(17-8(2)19-7)3-4-15-11(18)10-5-12(13,14)6-16-10/h10,16H,3-6H2,1-2H3,(H,15,18). The maximum atomic E-state index is 12.9. The van der Waals surface area contributed by atoms with Gasteiger partial charge < -0.3 is 9.73 Å². The van der Waals surface area contributed by atoms with Gasteiger partial charge in [-0.05, 0) is 6.92 Å². The Balaban J connectivity index is 1.77. The Kier molecular flexibility index (Phi) is 3.84. The second-order valence-corrected chi connectivity index (χ2v) is 4.77. The van der Waals surface area contributed by atoms with Crippen molar-refractivity contribution in [2.75, 3.05) is 13.1 Å². The predicted octanol–water partition coefficient (Wildman–Crippen LogP) is 0.947. The normalized spacial score (nSPS) is 21.6. The van der Waals surface area contributed by atoms with Crippen LogP contribution in [0.3, 0.4) is 0 Å². The van der Waals surface area contributed by atoms with Gasteiger partial charge in [0.1, 0.15) is 5.76 Å². The molecule has 0 bridgehead atoms. The molecule has 2 rings (SSSR count). The molecule has 5 nitrogen and oxygen atoms in total. The van der Waals surface area contributed by atoms with Crippen LogP contribution in [0.4, 0.5) is 8.78 Å². The van der Waals surface area contributed by atoms with E-state index in [0.29, 0.717) is 18.9 Å². The van der Waals surface area contributed by atoms with Crippen molar-refractivity contribution in [1.82, 2.24) is 15.6 Å². The fourth-order valence-corrected chi connectivity index (χ4v) is 2.13. The zero-order valence-electron chi connectivity index (χ0n) is 10.9. The van der Waals surface area contributed by atoms with E-state index in [1.807, 2.05) is 0 Å². The molecule has 7 heteroatoms. The molecule has 0 aromatic carbocycles. The van der Waals surface area contributed by atoms with Crippen molar-refractivity contribution >= 4 is 5.91 Å². The smallest absolute Gasteiger partial charge is 0.262 e. The van der Waals surface area contributed by atoms with Gasteiger partial charge in [0.2, 0.25) is 5.91 Å². The van der Waals surface area contributed by atoms with Crippen LogP contribution in [-0.2, 0) is 11.2 Å². The lowest BCUT2D eigenvalue weighted by Gasteiger charge is -2.10. The molecule has 2 heterocycles. The van der Waals surface area contributed by atoms with E-state index in [2.05, 4.69) is 15.6 Å². The minimum absolute atomic E-state index is 0.357. The number of amides is 1. The van der Waals surface area contributed by atoms with Crippen LogP contribution in [-0.4, -0.2) is 35.9 Å². The monoisotopic (exact) mass is 273 g/mol. The molecule has 1 unspecified atom stereocenters. The number of nitrogens with zero attached hydrogens (tertiary/aromatic N) is 1. The molecule has 0 radical (unpaired) electrons. The first-order valence-corrected chi connectivity index (χ1v) is 6.19. The zero-order chi connectivity index (χ0) is 14.0. The lowest BCUT2D eigenvalue weighted by Crippen LogP contribution is -2.41.